The van der Waals surface area contributed by atoms with E-state index in [9.17, 15) is 9.59 Å². The second-order valence-corrected chi connectivity index (χ2v) is 3.75. The van der Waals surface area contributed by atoms with Crippen molar-refractivity contribution in [1.29, 1.82) is 0 Å². The maximum Gasteiger partial charge on any atom is 0.498 e. The highest BCUT2D eigenvalue weighted by Crippen LogP contribution is 1.98. The van der Waals surface area contributed by atoms with Gasteiger partial charge in [-0.3, -0.25) is 4.79 Å². The third-order valence-electron chi connectivity index (χ3n) is 2.59. The number of nitrogens with zero attached hydrogens (tertiary/aromatic N) is 2. The zero-order chi connectivity index (χ0) is 12.3. The summed E-state index contributed by atoms with van der Waals surface area (Å²) < 4.78 is 6.54. The summed E-state index contributed by atoms with van der Waals surface area (Å²) in [6, 6.07) is 3.03. The third kappa shape index (κ3) is 3.18. The summed E-state index contributed by atoms with van der Waals surface area (Å²) in [6.45, 7) is 2.21. The molecule has 6 nitrogen and oxygen atoms in total. The fraction of sp³-hybridized carbons (Fsp3) is 0.364. The largest absolute Gasteiger partial charge is 1.00 e. The van der Waals surface area contributed by atoms with Crippen LogP contribution >= 0.6 is 0 Å². The number of carbonyl (C=O) groups is 2. The number of halogens is 1. The van der Waals surface area contributed by atoms with Gasteiger partial charge in [0, 0.05) is 0 Å². The summed E-state index contributed by atoms with van der Waals surface area (Å²) in [4.78, 5) is 24.7. The number of amides is 2. The average Bonchev–Trinajstić information content (AvgIpc) is 2.39. The number of pyridine rings is 1. The number of hydrogen-bond acceptors (Lipinski definition) is 3. The van der Waals surface area contributed by atoms with Gasteiger partial charge >= 0.3 is 6.03 Å². The van der Waals surface area contributed by atoms with Crippen LogP contribution in [0.2, 0.25) is 0 Å². The highest BCUT2D eigenvalue weighted by atomic mass is 35.5. The van der Waals surface area contributed by atoms with Gasteiger partial charge in [0.25, 0.3) is 5.91 Å². The third-order valence-corrected chi connectivity index (χ3v) is 2.59. The molecule has 0 radical (unpaired) electrons. The number of nitrogens with two attached hydrogens (primary N) is 1. The normalized spacial score (nSPS) is 14.8. The second kappa shape index (κ2) is 6.32. The molecule has 18 heavy (non-hydrogen) atoms. The molecule has 7 heteroatoms. The first kappa shape index (κ1) is 14.4. The average molecular weight is 272 g/mol. The molecule has 0 aliphatic carbocycles. The van der Waals surface area contributed by atoms with Crippen molar-refractivity contribution >= 4 is 11.9 Å². The summed E-state index contributed by atoms with van der Waals surface area (Å²) >= 11 is 0. The Labute approximate surface area is 111 Å². The molecule has 0 aromatic carbocycles. The topological polar surface area (TPSA) is 76.5 Å². The zero-order valence-electron chi connectivity index (χ0n) is 9.71. The Kier molecular flexibility index (Phi) is 5.06. The first-order valence-electron chi connectivity index (χ1n) is 5.36. The molecule has 2 heterocycles. The molecular formula is C11H14ClN3O3. The van der Waals surface area contributed by atoms with Gasteiger partial charge in [-0.05, 0) is 12.1 Å². The molecule has 2 amide bonds. The van der Waals surface area contributed by atoms with Crippen molar-refractivity contribution in [3.05, 3.63) is 30.1 Å². The SMILES string of the molecule is NC(=O)c1ccc[n+](C(=O)N2CCOCC2)c1.[Cl-]. The van der Waals surface area contributed by atoms with Crippen molar-refractivity contribution in [2.24, 2.45) is 5.73 Å². The molecule has 0 atom stereocenters. The van der Waals surface area contributed by atoms with E-state index in [1.54, 1.807) is 23.2 Å². The molecule has 1 aliphatic heterocycles. The molecule has 1 saturated heterocycles. The Morgan fingerprint density at radius 1 is 1.33 bits per heavy atom. The van der Waals surface area contributed by atoms with Gasteiger partial charge < -0.3 is 22.9 Å². The van der Waals surface area contributed by atoms with E-state index >= 15 is 0 Å². The standard InChI is InChI=1S/C11H13N3O3.ClH/c12-10(15)9-2-1-3-14(8-9)11(16)13-4-6-17-7-5-13;/h1-3,8H,4-7H2,(H-,12,15);1H. The second-order valence-electron chi connectivity index (χ2n) is 3.75. The van der Waals surface area contributed by atoms with E-state index in [0.717, 1.165) is 0 Å². The van der Waals surface area contributed by atoms with Crippen molar-refractivity contribution in [2.75, 3.05) is 26.3 Å². The number of aromatic nitrogens is 1. The molecule has 1 aromatic heterocycles. The predicted molar refractivity (Wildman–Crippen MR) is 58.3 cm³/mol. The minimum atomic E-state index is -0.547. The van der Waals surface area contributed by atoms with Crippen molar-refractivity contribution < 1.29 is 31.3 Å². The molecule has 0 saturated carbocycles. The van der Waals surface area contributed by atoms with Crippen LogP contribution in [0.4, 0.5) is 4.79 Å². The molecule has 0 spiro atoms. The lowest BCUT2D eigenvalue weighted by atomic mass is 10.3. The Bertz CT molecular complexity index is 447. The Balaban J connectivity index is 0.00000162. The molecule has 1 aliphatic rings. The molecule has 2 N–H and O–H groups in total. The van der Waals surface area contributed by atoms with Gasteiger partial charge in [-0.1, -0.05) is 0 Å². The summed E-state index contributed by atoms with van der Waals surface area (Å²) in [7, 11) is 0. The van der Waals surface area contributed by atoms with E-state index in [1.807, 2.05) is 0 Å². The van der Waals surface area contributed by atoms with Gasteiger partial charge in [-0.25, -0.2) is 4.90 Å². The Morgan fingerprint density at radius 3 is 2.61 bits per heavy atom. The van der Waals surface area contributed by atoms with Crippen molar-refractivity contribution in [3.63, 3.8) is 0 Å². The van der Waals surface area contributed by atoms with Gasteiger partial charge in [-0.15, -0.1) is 0 Å². The van der Waals surface area contributed by atoms with Crippen LogP contribution < -0.4 is 22.7 Å². The molecule has 0 unspecified atom stereocenters. The van der Waals surface area contributed by atoms with Crippen molar-refractivity contribution in [3.8, 4) is 0 Å². The van der Waals surface area contributed by atoms with E-state index in [2.05, 4.69) is 0 Å². The number of rotatable bonds is 1. The van der Waals surface area contributed by atoms with Crippen LogP contribution in [0, 0.1) is 0 Å². The van der Waals surface area contributed by atoms with Crippen LogP contribution in [-0.4, -0.2) is 43.1 Å². The Hall–Kier alpha value is -1.66. The van der Waals surface area contributed by atoms with E-state index in [4.69, 9.17) is 10.5 Å². The van der Waals surface area contributed by atoms with E-state index < -0.39 is 5.91 Å². The van der Waals surface area contributed by atoms with Gasteiger partial charge in [0.1, 0.15) is 19.3 Å². The Morgan fingerprint density at radius 2 is 2.00 bits per heavy atom. The number of carbonyl (C=O) groups excluding carboxylic acids is 2. The van der Waals surface area contributed by atoms with Crippen LogP contribution in [0.3, 0.4) is 0 Å². The van der Waals surface area contributed by atoms with Gasteiger partial charge in [0.05, 0.1) is 25.0 Å². The van der Waals surface area contributed by atoms with Crippen LogP contribution in [0.5, 0.6) is 0 Å². The summed E-state index contributed by atoms with van der Waals surface area (Å²) in [5.41, 5.74) is 5.48. The minimum Gasteiger partial charge on any atom is -1.00 e. The van der Waals surface area contributed by atoms with Crippen LogP contribution in [0.1, 0.15) is 10.4 Å². The van der Waals surface area contributed by atoms with Gasteiger partial charge in [0.2, 0.25) is 0 Å². The molecular weight excluding hydrogens is 258 g/mol. The van der Waals surface area contributed by atoms with Crippen molar-refractivity contribution in [1.82, 2.24) is 4.90 Å². The lowest BCUT2D eigenvalue weighted by Gasteiger charge is -2.19. The van der Waals surface area contributed by atoms with Crippen LogP contribution in [-0.2, 0) is 4.74 Å². The molecule has 98 valence electrons. The first-order chi connectivity index (χ1) is 8.18. The lowest BCUT2D eigenvalue weighted by Crippen LogP contribution is -3.00. The maximum absolute atomic E-state index is 12.1. The maximum atomic E-state index is 12.1. The minimum absolute atomic E-state index is 0. The molecule has 1 fully saturated rings. The number of hydrogen-bond donors (Lipinski definition) is 1. The molecule has 0 bridgehead atoms. The van der Waals surface area contributed by atoms with Gasteiger partial charge in [0.15, 0.2) is 0 Å². The predicted octanol–water partition coefficient (Wildman–Crippen LogP) is -3.62. The smallest absolute Gasteiger partial charge is 0.498 e. The van der Waals surface area contributed by atoms with E-state index in [0.29, 0.717) is 31.9 Å². The number of morpholine rings is 1. The fourth-order valence-electron chi connectivity index (χ4n) is 1.66. The van der Waals surface area contributed by atoms with Gasteiger partial charge in [-0.2, -0.15) is 9.36 Å². The van der Waals surface area contributed by atoms with Crippen molar-refractivity contribution in [2.45, 2.75) is 0 Å². The molecule has 2 rings (SSSR count). The van der Waals surface area contributed by atoms with Crippen LogP contribution in [0.25, 0.3) is 0 Å². The highest BCUT2D eigenvalue weighted by Gasteiger charge is 2.26. The van der Waals surface area contributed by atoms with Crippen LogP contribution in [0.15, 0.2) is 24.5 Å². The first-order valence-corrected chi connectivity index (χ1v) is 5.36. The highest BCUT2D eigenvalue weighted by molar-refractivity contribution is 5.92. The summed E-state index contributed by atoms with van der Waals surface area (Å²) in [5.74, 6) is -0.547. The number of primary amides is 1. The monoisotopic (exact) mass is 271 g/mol. The zero-order valence-corrected chi connectivity index (χ0v) is 10.5. The van der Waals surface area contributed by atoms with E-state index in [-0.39, 0.29) is 18.4 Å². The lowest BCUT2D eigenvalue weighted by molar-refractivity contribution is -0.579. The quantitative estimate of drug-likeness (QED) is 0.536. The summed E-state index contributed by atoms with van der Waals surface area (Å²) in [5, 5.41) is 0. The number of ether oxygens (including phenoxy) is 1. The summed E-state index contributed by atoms with van der Waals surface area (Å²) in [6.07, 6.45) is 3.05. The molecule has 1 aromatic rings. The van der Waals surface area contributed by atoms with E-state index in [1.165, 1.54) is 10.8 Å². The fourth-order valence-corrected chi connectivity index (χ4v) is 1.66.